The van der Waals surface area contributed by atoms with Gasteiger partial charge in [-0.05, 0) is 96.9 Å². The minimum atomic E-state index is 1.11. The number of rotatable bonds is 5. The summed E-state index contributed by atoms with van der Waals surface area (Å²) in [5.74, 6) is 0. The van der Waals surface area contributed by atoms with Crippen LogP contribution in [0.1, 0.15) is 0 Å². The second-order valence-electron chi connectivity index (χ2n) is 14.1. The number of anilines is 3. The predicted molar refractivity (Wildman–Crippen MR) is 235 cm³/mol. The van der Waals surface area contributed by atoms with Crippen LogP contribution >= 0.6 is 11.3 Å². The Balaban J connectivity index is 1.06. The zero-order valence-corrected chi connectivity index (χ0v) is 30.2. The molecule has 0 saturated heterocycles. The molecule has 11 rings (SSSR count). The van der Waals surface area contributed by atoms with Crippen molar-refractivity contribution in [3.8, 4) is 22.3 Å². The smallest absolute Gasteiger partial charge is 0.0540 e. The van der Waals surface area contributed by atoms with E-state index in [0.717, 1.165) is 17.1 Å². The van der Waals surface area contributed by atoms with Gasteiger partial charge in [-0.15, -0.1) is 11.3 Å². The Morgan fingerprint density at radius 3 is 1.83 bits per heavy atom. The predicted octanol–water partition coefficient (Wildman–Crippen LogP) is 15.5. The normalized spacial score (nSPS) is 11.7. The van der Waals surface area contributed by atoms with Crippen molar-refractivity contribution >= 4 is 91.7 Å². The van der Waals surface area contributed by atoms with Crippen LogP contribution in [0.15, 0.2) is 200 Å². The van der Waals surface area contributed by atoms with Crippen molar-refractivity contribution in [1.82, 2.24) is 0 Å². The number of fused-ring (bicyclic) bond motifs is 10. The third-order valence-electron chi connectivity index (χ3n) is 11.0. The molecule has 0 N–H and O–H groups in total. The van der Waals surface area contributed by atoms with Crippen LogP contribution in [0.4, 0.5) is 17.1 Å². The van der Waals surface area contributed by atoms with Gasteiger partial charge in [0.25, 0.3) is 0 Å². The number of hydrogen-bond acceptors (Lipinski definition) is 2. The largest absolute Gasteiger partial charge is 0.310 e. The van der Waals surface area contributed by atoms with E-state index in [9.17, 15) is 0 Å². The van der Waals surface area contributed by atoms with Crippen LogP contribution in [0, 0.1) is 0 Å². The highest BCUT2D eigenvalue weighted by Crippen LogP contribution is 2.45. The Morgan fingerprint density at radius 1 is 0.333 bits per heavy atom. The van der Waals surface area contributed by atoms with E-state index >= 15 is 0 Å². The lowest BCUT2D eigenvalue weighted by molar-refractivity contribution is 1.29. The van der Waals surface area contributed by atoms with Crippen molar-refractivity contribution in [3.63, 3.8) is 0 Å². The topological polar surface area (TPSA) is 3.24 Å². The van der Waals surface area contributed by atoms with E-state index in [0.29, 0.717) is 0 Å². The molecule has 0 aliphatic heterocycles. The van der Waals surface area contributed by atoms with Gasteiger partial charge in [-0.3, -0.25) is 0 Å². The van der Waals surface area contributed by atoms with Crippen molar-refractivity contribution in [1.29, 1.82) is 0 Å². The lowest BCUT2D eigenvalue weighted by Gasteiger charge is -2.28. The summed E-state index contributed by atoms with van der Waals surface area (Å²) in [7, 11) is 0. The number of hydrogen-bond donors (Lipinski definition) is 0. The average Bonchev–Trinajstić information content (AvgIpc) is 3.63. The summed E-state index contributed by atoms with van der Waals surface area (Å²) in [6.07, 6.45) is 0. The fourth-order valence-corrected chi connectivity index (χ4v) is 9.63. The molecule has 0 spiro atoms. The van der Waals surface area contributed by atoms with Crippen LogP contribution in [0.3, 0.4) is 0 Å². The summed E-state index contributed by atoms with van der Waals surface area (Å²) in [6, 6.07) is 73.5. The van der Waals surface area contributed by atoms with Gasteiger partial charge < -0.3 is 4.90 Å². The average molecular weight is 704 g/mol. The van der Waals surface area contributed by atoms with Crippen LogP contribution < -0.4 is 4.90 Å². The first-order valence-electron chi connectivity index (χ1n) is 18.5. The summed E-state index contributed by atoms with van der Waals surface area (Å²) in [6.45, 7) is 0. The van der Waals surface area contributed by atoms with Crippen LogP contribution in [0.5, 0.6) is 0 Å². The summed E-state index contributed by atoms with van der Waals surface area (Å²) >= 11 is 1.89. The number of nitrogens with zero attached hydrogens (tertiary/aromatic N) is 1. The molecule has 11 aromatic rings. The molecule has 1 aromatic heterocycles. The molecule has 0 amide bonds. The molecule has 252 valence electrons. The van der Waals surface area contributed by atoms with Gasteiger partial charge in [-0.25, -0.2) is 0 Å². The van der Waals surface area contributed by atoms with E-state index in [-0.39, 0.29) is 0 Å². The van der Waals surface area contributed by atoms with Gasteiger partial charge in [0, 0.05) is 42.5 Å². The van der Waals surface area contributed by atoms with Crippen LogP contribution in [-0.2, 0) is 0 Å². The molecule has 0 fully saturated rings. The van der Waals surface area contributed by atoms with Crippen LogP contribution in [-0.4, -0.2) is 0 Å². The minimum Gasteiger partial charge on any atom is -0.310 e. The van der Waals surface area contributed by atoms with E-state index in [1.54, 1.807) is 0 Å². The third kappa shape index (κ3) is 4.99. The maximum absolute atomic E-state index is 2.43. The van der Waals surface area contributed by atoms with Crippen molar-refractivity contribution in [3.05, 3.63) is 200 Å². The highest BCUT2D eigenvalue weighted by molar-refractivity contribution is 7.26. The molecule has 2 heteroatoms. The van der Waals surface area contributed by atoms with E-state index in [1.165, 1.54) is 85.5 Å². The number of benzene rings is 10. The molecule has 10 aromatic carbocycles. The molecule has 0 aliphatic carbocycles. The van der Waals surface area contributed by atoms with Crippen LogP contribution in [0.25, 0.3) is 85.5 Å². The minimum absolute atomic E-state index is 1.11. The third-order valence-corrected chi connectivity index (χ3v) is 12.2. The van der Waals surface area contributed by atoms with Gasteiger partial charge in [-0.1, -0.05) is 158 Å². The van der Waals surface area contributed by atoms with Gasteiger partial charge in [0.05, 0.1) is 5.69 Å². The Labute approximate surface area is 317 Å². The second-order valence-corrected chi connectivity index (χ2v) is 15.1. The van der Waals surface area contributed by atoms with E-state index in [1.807, 2.05) is 11.3 Å². The maximum Gasteiger partial charge on any atom is 0.0540 e. The quantitative estimate of drug-likeness (QED) is 0.161. The first-order valence-corrected chi connectivity index (χ1v) is 19.3. The van der Waals surface area contributed by atoms with Crippen LogP contribution in [0.2, 0.25) is 0 Å². The molecule has 0 bridgehead atoms. The van der Waals surface area contributed by atoms with Gasteiger partial charge in [0.1, 0.15) is 0 Å². The highest BCUT2D eigenvalue weighted by Gasteiger charge is 2.19. The molecule has 0 unspecified atom stereocenters. The summed E-state index contributed by atoms with van der Waals surface area (Å²) in [5, 5.41) is 12.9. The highest BCUT2D eigenvalue weighted by atomic mass is 32.1. The van der Waals surface area contributed by atoms with Gasteiger partial charge in [0.15, 0.2) is 0 Å². The Kier molecular flexibility index (Phi) is 7.11. The molecule has 0 saturated carbocycles. The number of thiophene rings is 1. The fourth-order valence-electron chi connectivity index (χ4n) is 8.41. The molecular weight excluding hydrogens is 671 g/mol. The van der Waals surface area contributed by atoms with Gasteiger partial charge in [-0.2, -0.15) is 0 Å². The lowest BCUT2D eigenvalue weighted by atomic mass is 9.94. The Bertz CT molecular complexity index is 3210. The Morgan fingerprint density at radius 2 is 0.944 bits per heavy atom. The monoisotopic (exact) mass is 703 g/mol. The molecule has 0 atom stereocenters. The number of para-hydroxylation sites is 1. The van der Waals surface area contributed by atoms with E-state index in [4.69, 9.17) is 0 Å². The summed E-state index contributed by atoms with van der Waals surface area (Å²) in [4.78, 5) is 2.43. The van der Waals surface area contributed by atoms with Gasteiger partial charge >= 0.3 is 0 Å². The summed E-state index contributed by atoms with van der Waals surface area (Å²) < 4.78 is 2.65. The standard InChI is InChI=1S/C52H33NS/c1-2-10-35(11-3-1)43-13-6-8-16-49(43)53(42-29-24-37-25-31-47-46-15-7-9-17-50(46)54-52(47)48(37)33-42)41-27-22-34(23-28-41)39-26-30-45-40(32-39)21-20-38-19-18-36-12-4-5-14-44(36)51(38)45/h1-33H. The molecule has 1 heterocycles. The first kappa shape index (κ1) is 30.8. The van der Waals surface area contributed by atoms with Crippen molar-refractivity contribution < 1.29 is 0 Å². The lowest BCUT2D eigenvalue weighted by Crippen LogP contribution is -2.11. The van der Waals surface area contributed by atoms with E-state index in [2.05, 4.69) is 205 Å². The van der Waals surface area contributed by atoms with Crippen molar-refractivity contribution in [2.45, 2.75) is 0 Å². The summed E-state index contributed by atoms with van der Waals surface area (Å²) in [5.41, 5.74) is 8.18. The van der Waals surface area contributed by atoms with E-state index < -0.39 is 0 Å². The molecule has 54 heavy (non-hydrogen) atoms. The fraction of sp³-hybridized carbons (Fsp3) is 0. The first-order chi connectivity index (χ1) is 26.8. The molecular formula is C52H33NS. The Hall–Kier alpha value is -6.74. The van der Waals surface area contributed by atoms with Crippen molar-refractivity contribution in [2.24, 2.45) is 0 Å². The maximum atomic E-state index is 2.43. The molecule has 0 radical (unpaired) electrons. The SMILES string of the molecule is c1ccc(-c2ccccc2N(c2ccc(-c3ccc4c(ccc5ccc6ccccc6c54)c3)cc2)c2ccc3ccc4c5ccccc5sc4c3c2)cc1. The molecule has 0 aliphatic rings. The zero-order chi connectivity index (χ0) is 35.6. The zero-order valence-electron chi connectivity index (χ0n) is 29.4. The molecule has 1 nitrogen and oxygen atoms in total. The van der Waals surface area contributed by atoms with Crippen molar-refractivity contribution in [2.75, 3.05) is 4.90 Å². The van der Waals surface area contributed by atoms with Gasteiger partial charge in [0.2, 0.25) is 0 Å². The second kappa shape index (κ2) is 12.4.